The summed E-state index contributed by atoms with van der Waals surface area (Å²) in [6.45, 7) is 4.64. The highest BCUT2D eigenvalue weighted by atomic mass is 32.1. The van der Waals surface area contributed by atoms with Gasteiger partial charge in [0.25, 0.3) is 5.91 Å². The second-order valence-electron chi connectivity index (χ2n) is 6.09. The Morgan fingerprint density at radius 1 is 1.29 bits per heavy atom. The fraction of sp³-hybridized carbons (Fsp3) is 0.263. The van der Waals surface area contributed by atoms with Crippen molar-refractivity contribution >= 4 is 17.2 Å². The van der Waals surface area contributed by atoms with Crippen molar-refractivity contribution in [3.8, 4) is 10.4 Å². The van der Waals surface area contributed by atoms with E-state index >= 15 is 0 Å². The third kappa shape index (κ3) is 3.41. The molecule has 3 aromatic rings. The van der Waals surface area contributed by atoms with E-state index in [2.05, 4.69) is 17.1 Å². The van der Waals surface area contributed by atoms with Crippen LogP contribution in [0.3, 0.4) is 0 Å². The third-order valence-electron chi connectivity index (χ3n) is 4.04. The van der Waals surface area contributed by atoms with Crippen LogP contribution in [0.25, 0.3) is 10.4 Å². The summed E-state index contributed by atoms with van der Waals surface area (Å²) >= 11 is 1.61. The van der Waals surface area contributed by atoms with Crippen LogP contribution in [0.15, 0.2) is 54.3 Å². The molecule has 0 saturated carbocycles. The van der Waals surface area contributed by atoms with E-state index in [1.807, 2.05) is 66.2 Å². The Kier molecular flexibility index (Phi) is 4.81. The Hall–Kier alpha value is -2.40. The molecule has 0 aliphatic carbocycles. The SMILES string of the molecule is CC(C)N(Cc1cncn1C)C(=O)c1csc(-c2ccccc2)c1. The van der Waals surface area contributed by atoms with Gasteiger partial charge in [-0.1, -0.05) is 30.3 Å². The maximum atomic E-state index is 13.0. The molecule has 124 valence electrons. The van der Waals surface area contributed by atoms with Crippen LogP contribution in [0.2, 0.25) is 0 Å². The van der Waals surface area contributed by atoms with E-state index in [4.69, 9.17) is 0 Å². The Morgan fingerprint density at radius 3 is 2.67 bits per heavy atom. The number of thiophene rings is 1. The van der Waals surface area contributed by atoms with Gasteiger partial charge in [-0.15, -0.1) is 11.3 Å². The predicted molar refractivity (Wildman–Crippen MR) is 98.0 cm³/mol. The van der Waals surface area contributed by atoms with E-state index in [9.17, 15) is 4.79 Å². The zero-order valence-corrected chi connectivity index (χ0v) is 15.0. The quantitative estimate of drug-likeness (QED) is 0.699. The second-order valence-corrected chi connectivity index (χ2v) is 7.00. The van der Waals surface area contributed by atoms with Gasteiger partial charge >= 0.3 is 0 Å². The fourth-order valence-electron chi connectivity index (χ4n) is 2.57. The Labute approximate surface area is 146 Å². The number of imidazole rings is 1. The van der Waals surface area contributed by atoms with Gasteiger partial charge in [0.15, 0.2) is 0 Å². The number of nitrogens with zero attached hydrogens (tertiary/aromatic N) is 3. The van der Waals surface area contributed by atoms with Gasteiger partial charge in [-0.2, -0.15) is 0 Å². The van der Waals surface area contributed by atoms with Gasteiger partial charge in [0.2, 0.25) is 0 Å². The number of carbonyl (C=O) groups is 1. The highest BCUT2D eigenvalue weighted by Gasteiger charge is 2.21. The molecule has 3 rings (SSSR count). The highest BCUT2D eigenvalue weighted by Crippen LogP contribution is 2.28. The average Bonchev–Trinajstić information content (AvgIpc) is 3.22. The van der Waals surface area contributed by atoms with Crippen LogP contribution < -0.4 is 0 Å². The summed E-state index contributed by atoms with van der Waals surface area (Å²) < 4.78 is 1.95. The molecular formula is C19H21N3OS. The van der Waals surface area contributed by atoms with Crippen molar-refractivity contribution in [2.75, 3.05) is 0 Å². The number of aromatic nitrogens is 2. The molecule has 0 saturated heterocycles. The molecule has 5 heteroatoms. The smallest absolute Gasteiger partial charge is 0.255 e. The van der Waals surface area contributed by atoms with Gasteiger partial charge in [0.05, 0.1) is 24.1 Å². The van der Waals surface area contributed by atoms with E-state index in [1.54, 1.807) is 17.7 Å². The molecule has 0 fully saturated rings. The predicted octanol–water partition coefficient (Wildman–Crippen LogP) is 4.20. The topological polar surface area (TPSA) is 38.1 Å². The van der Waals surface area contributed by atoms with Gasteiger partial charge in [-0.25, -0.2) is 4.98 Å². The van der Waals surface area contributed by atoms with E-state index in [0.29, 0.717) is 6.54 Å². The Morgan fingerprint density at radius 2 is 2.04 bits per heavy atom. The maximum Gasteiger partial charge on any atom is 0.255 e. The van der Waals surface area contributed by atoms with Gasteiger partial charge < -0.3 is 9.47 Å². The first-order valence-electron chi connectivity index (χ1n) is 7.96. The minimum atomic E-state index is 0.0598. The molecule has 0 atom stereocenters. The Balaban J connectivity index is 1.83. The first-order chi connectivity index (χ1) is 11.6. The number of hydrogen-bond acceptors (Lipinski definition) is 3. The summed E-state index contributed by atoms with van der Waals surface area (Å²) in [5.41, 5.74) is 2.91. The van der Waals surface area contributed by atoms with Crippen molar-refractivity contribution in [2.45, 2.75) is 26.4 Å². The number of aryl methyl sites for hydroxylation is 1. The number of carbonyl (C=O) groups excluding carboxylic acids is 1. The lowest BCUT2D eigenvalue weighted by molar-refractivity contribution is 0.0687. The van der Waals surface area contributed by atoms with Gasteiger partial charge in [-0.05, 0) is 25.5 Å². The van der Waals surface area contributed by atoms with Crippen molar-refractivity contribution in [2.24, 2.45) is 7.05 Å². The standard InChI is InChI=1S/C19H21N3OS/c1-14(2)22(11-17-10-20-13-21(17)3)19(23)16-9-18(24-12-16)15-7-5-4-6-8-15/h4-10,12-14H,11H2,1-3H3. The van der Waals surface area contributed by atoms with Crippen molar-refractivity contribution in [3.63, 3.8) is 0 Å². The zero-order valence-electron chi connectivity index (χ0n) is 14.1. The molecule has 0 spiro atoms. The van der Waals surface area contributed by atoms with Crippen molar-refractivity contribution in [1.29, 1.82) is 0 Å². The molecule has 1 amide bonds. The molecule has 0 bridgehead atoms. The second kappa shape index (κ2) is 7.01. The van der Waals surface area contributed by atoms with Crippen LogP contribution in [-0.2, 0) is 13.6 Å². The largest absolute Gasteiger partial charge is 0.336 e. The molecule has 0 aliphatic rings. The number of rotatable bonds is 5. The lowest BCUT2D eigenvalue weighted by Gasteiger charge is -2.26. The minimum Gasteiger partial charge on any atom is -0.336 e. The van der Waals surface area contributed by atoms with E-state index in [-0.39, 0.29) is 11.9 Å². The molecule has 1 aromatic carbocycles. The summed E-state index contributed by atoms with van der Waals surface area (Å²) in [6.07, 6.45) is 3.57. The molecule has 0 radical (unpaired) electrons. The monoisotopic (exact) mass is 339 g/mol. The summed E-state index contributed by atoms with van der Waals surface area (Å²) in [4.78, 5) is 20.1. The van der Waals surface area contributed by atoms with Crippen molar-refractivity contribution < 1.29 is 4.79 Å². The fourth-order valence-corrected chi connectivity index (χ4v) is 3.46. The molecule has 24 heavy (non-hydrogen) atoms. The van der Waals surface area contributed by atoms with Crippen LogP contribution in [0, 0.1) is 0 Å². The summed E-state index contributed by atoms with van der Waals surface area (Å²) in [5, 5.41) is 1.95. The Bertz CT molecular complexity index is 820. The van der Waals surface area contributed by atoms with E-state index in [1.165, 1.54) is 0 Å². The first-order valence-corrected chi connectivity index (χ1v) is 8.84. The zero-order chi connectivity index (χ0) is 17.1. The lowest BCUT2D eigenvalue weighted by atomic mass is 10.1. The summed E-state index contributed by atoms with van der Waals surface area (Å²) in [6, 6.07) is 12.3. The maximum absolute atomic E-state index is 13.0. The molecule has 0 aliphatic heterocycles. The van der Waals surface area contributed by atoms with Gasteiger partial charge in [0, 0.05) is 29.5 Å². The van der Waals surface area contributed by atoms with Crippen LogP contribution in [0.5, 0.6) is 0 Å². The van der Waals surface area contributed by atoms with Gasteiger partial charge in [-0.3, -0.25) is 4.79 Å². The van der Waals surface area contributed by atoms with Gasteiger partial charge in [0.1, 0.15) is 0 Å². The molecule has 2 heterocycles. The van der Waals surface area contributed by atoms with Crippen molar-refractivity contribution in [3.05, 3.63) is 65.6 Å². The average molecular weight is 339 g/mol. The summed E-state index contributed by atoms with van der Waals surface area (Å²) in [5.74, 6) is 0.0598. The normalized spacial score (nSPS) is 11.0. The van der Waals surface area contributed by atoms with Crippen LogP contribution in [0.4, 0.5) is 0 Å². The van der Waals surface area contributed by atoms with E-state index < -0.39 is 0 Å². The molecule has 0 N–H and O–H groups in total. The molecule has 4 nitrogen and oxygen atoms in total. The molecule has 0 unspecified atom stereocenters. The van der Waals surface area contributed by atoms with Crippen LogP contribution >= 0.6 is 11.3 Å². The van der Waals surface area contributed by atoms with E-state index in [0.717, 1.165) is 21.7 Å². The first kappa shape index (κ1) is 16.5. The highest BCUT2D eigenvalue weighted by molar-refractivity contribution is 7.13. The molecule has 2 aromatic heterocycles. The summed E-state index contributed by atoms with van der Waals surface area (Å²) in [7, 11) is 1.95. The number of benzene rings is 1. The van der Waals surface area contributed by atoms with Crippen molar-refractivity contribution in [1.82, 2.24) is 14.5 Å². The lowest BCUT2D eigenvalue weighted by Crippen LogP contribution is -2.36. The minimum absolute atomic E-state index is 0.0598. The van der Waals surface area contributed by atoms with Crippen LogP contribution in [-0.4, -0.2) is 26.4 Å². The number of amides is 1. The molecular weight excluding hydrogens is 318 g/mol. The number of hydrogen-bond donors (Lipinski definition) is 0. The third-order valence-corrected chi connectivity index (χ3v) is 5.02. The van der Waals surface area contributed by atoms with Crippen LogP contribution in [0.1, 0.15) is 29.9 Å².